The average molecular weight is 229 g/mol. The summed E-state index contributed by atoms with van der Waals surface area (Å²) in [6.07, 6.45) is 2.37. The van der Waals surface area contributed by atoms with Crippen LogP contribution in [0, 0.1) is 11.8 Å². The molecule has 0 aliphatic rings. The lowest BCUT2D eigenvalue weighted by Gasteiger charge is -2.28. The van der Waals surface area contributed by atoms with E-state index >= 15 is 0 Å². The summed E-state index contributed by atoms with van der Waals surface area (Å²) in [5.41, 5.74) is 0.0188. The molecule has 1 atom stereocenters. The van der Waals surface area contributed by atoms with Crippen molar-refractivity contribution < 1.29 is 4.74 Å². The summed E-state index contributed by atoms with van der Waals surface area (Å²) in [4.78, 5) is 0. The highest BCUT2D eigenvalue weighted by Gasteiger charge is 2.21. The molecular weight excluding hydrogens is 198 g/mol. The van der Waals surface area contributed by atoms with Crippen LogP contribution in [0.15, 0.2) is 0 Å². The summed E-state index contributed by atoms with van der Waals surface area (Å²) in [5, 5.41) is 3.54. The average Bonchev–Trinajstić information content (AvgIpc) is 2.16. The van der Waals surface area contributed by atoms with E-state index in [0.717, 1.165) is 24.8 Å². The Morgan fingerprint density at radius 3 is 2.06 bits per heavy atom. The van der Waals surface area contributed by atoms with Crippen molar-refractivity contribution in [2.45, 2.75) is 66.0 Å². The molecule has 2 nitrogen and oxygen atoms in total. The number of hydrogen-bond acceptors (Lipinski definition) is 2. The molecule has 0 aromatic heterocycles. The Hall–Kier alpha value is -0.0800. The number of rotatable bonds is 8. The zero-order chi connectivity index (χ0) is 12.8. The third-order valence-corrected chi connectivity index (χ3v) is 3.40. The Kier molecular flexibility index (Phi) is 7.25. The second-order valence-electron chi connectivity index (χ2n) is 6.07. The van der Waals surface area contributed by atoms with Crippen molar-refractivity contribution >= 4 is 0 Å². The summed E-state index contributed by atoms with van der Waals surface area (Å²) in [6, 6.07) is 0.580. The van der Waals surface area contributed by atoms with Gasteiger partial charge in [0.25, 0.3) is 0 Å². The van der Waals surface area contributed by atoms with Crippen LogP contribution in [-0.2, 0) is 4.74 Å². The molecule has 0 heterocycles. The Morgan fingerprint density at radius 2 is 1.69 bits per heavy atom. The fraction of sp³-hybridized carbons (Fsp3) is 1.00. The predicted molar refractivity (Wildman–Crippen MR) is 71.8 cm³/mol. The van der Waals surface area contributed by atoms with Crippen LogP contribution < -0.4 is 5.32 Å². The molecule has 0 aliphatic heterocycles. The zero-order valence-electron chi connectivity index (χ0n) is 12.3. The van der Waals surface area contributed by atoms with E-state index in [-0.39, 0.29) is 5.60 Å². The van der Waals surface area contributed by atoms with Gasteiger partial charge in [-0.25, -0.2) is 0 Å². The van der Waals surface area contributed by atoms with Gasteiger partial charge in [-0.15, -0.1) is 0 Å². The van der Waals surface area contributed by atoms with Crippen LogP contribution in [-0.4, -0.2) is 25.3 Å². The van der Waals surface area contributed by atoms with Gasteiger partial charge in [-0.2, -0.15) is 0 Å². The van der Waals surface area contributed by atoms with E-state index in [4.69, 9.17) is 4.74 Å². The smallest absolute Gasteiger partial charge is 0.0622 e. The van der Waals surface area contributed by atoms with Crippen LogP contribution in [0.5, 0.6) is 0 Å². The molecule has 0 aliphatic carbocycles. The maximum Gasteiger partial charge on any atom is 0.0622 e. The van der Waals surface area contributed by atoms with E-state index < -0.39 is 0 Å². The molecule has 0 rings (SSSR count). The molecule has 98 valence electrons. The largest absolute Gasteiger partial charge is 0.379 e. The van der Waals surface area contributed by atoms with Gasteiger partial charge in [0.2, 0.25) is 0 Å². The highest BCUT2D eigenvalue weighted by molar-refractivity contribution is 4.74. The first-order valence-electron chi connectivity index (χ1n) is 6.57. The fourth-order valence-electron chi connectivity index (χ4n) is 1.69. The lowest BCUT2D eigenvalue weighted by molar-refractivity contribution is 0.00874. The maximum absolute atomic E-state index is 5.47. The highest BCUT2D eigenvalue weighted by atomic mass is 16.5. The Morgan fingerprint density at radius 1 is 1.12 bits per heavy atom. The Bertz CT molecular complexity index is 176. The van der Waals surface area contributed by atoms with Crippen molar-refractivity contribution in [3.8, 4) is 0 Å². The predicted octanol–water partition coefficient (Wildman–Crippen LogP) is 3.46. The second kappa shape index (κ2) is 7.29. The van der Waals surface area contributed by atoms with Crippen molar-refractivity contribution in [2.24, 2.45) is 11.8 Å². The van der Waals surface area contributed by atoms with Crippen LogP contribution in [0.2, 0.25) is 0 Å². The molecule has 1 N–H and O–H groups in total. The highest BCUT2D eigenvalue weighted by Crippen LogP contribution is 2.23. The SMILES string of the molecule is COC(C)(C)CCC(CNC(C)C)C(C)C. The molecule has 0 aromatic rings. The third-order valence-electron chi connectivity index (χ3n) is 3.40. The van der Waals surface area contributed by atoms with E-state index in [1.807, 2.05) is 0 Å². The topological polar surface area (TPSA) is 21.3 Å². The maximum atomic E-state index is 5.47. The van der Waals surface area contributed by atoms with Gasteiger partial charge in [-0.05, 0) is 45.1 Å². The minimum atomic E-state index is 0.0188. The van der Waals surface area contributed by atoms with Gasteiger partial charge in [0, 0.05) is 13.2 Å². The standard InChI is InChI=1S/C14H31NO/c1-11(2)13(10-15-12(3)4)8-9-14(5,6)16-7/h11-13,15H,8-10H2,1-7H3. The lowest BCUT2D eigenvalue weighted by Crippen LogP contribution is -2.33. The lowest BCUT2D eigenvalue weighted by atomic mass is 9.87. The summed E-state index contributed by atoms with van der Waals surface area (Å²) in [7, 11) is 1.80. The van der Waals surface area contributed by atoms with Crippen LogP contribution in [0.25, 0.3) is 0 Å². The van der Waals surface area contributed by atoms with Crippen molar-refractivity contribution in [1.82, 2.24) is 5.32 Å². The zero-order valence-corrected chi connectivity index (χ0v) is 12.3. The molecule has 0 amide bonds. The van der Waals surface area contributed by atoms with E-state index in [1.54, 1.807) is 7.11 Å². The van der Waals surface area contributed by atoms with Gasteiger partial charge in [-0.3, -0.25) is 0 Å². The summed E-state index contributed by atoms with van der Waals surface area (Å²) >= 11 is 0. The first-order valence-corrected chi connectivity index (χ1v) is 6.57. The summed E-state index contributed by atoms with van der Waals surface area (Å²) in [6.45, 7) is 14.5. The third kappa shape index (κ3) is 7.24. The fourth-order valence-corrected chi connectivity index (χ4v) is 1.69. The van der Waals surface area contributed by atoms with Crippen LogP contribution >= 0.6 is 0 Å². The van der Waals surface area contributed by atoms with Crippen LogP contribution in [0.4, 0.5) is 0 Å². The second-order valence-corrected chi connectivity index (χ2v) is 6.07. The first kappa shape index (κ1) is 15.9. The minimum Gasteiger partial charge on any atom is -0.379 e. The van der Waals surface area contributed by atoms with Gasteiger partial charge in [-0.1, -0.05) is 27.7 Å². The van der Waals surface area contributed by atoms with E-state index in [2.05, 4.69) is 46.9 Å². The number of ether oxygens (including phenoxy) is 1. The molecular formula is C14H31NO. The van der Waals surface area contributed by atoms with Crippen LogP contribution in [0.1, 0.15) is 54.4 Å². The first-order chi connectivity index (χ1) is 7.28. The quantitative estimate of drug-likeness (QED) is 0.688. The number of nitrogens with one attached hydrogen (secondary N) is 1. The van der Waals surface area contributed by atoms with Gasteiger partial charge < -0.3 is 10.1 Å². The van der Waals surface area contributed by atoms with Crippen molar-refractivity contribution in [1.29, 1.82) is 0 Å². The minimum absolute atomic E-state index is 0.0188. The molecule has 0 spiro atoms. The summed E-state index contributed by atoms with van der Waals surface area (Å²) < 4.78 is 5.47. The molecule has 0 saturated heterocycles. The molecule has 2 heteroatoms. The molecule has 0 fully saturated rings. The van der Waals surface area contributed by atoms with Crippen molar-refractivity contribution in [2.75, 3.05) is 13.7 Å². The Labute approximate surface area is 102 Å². The monoisotopic (exact) mass is 229 g/mol. The van der Waals surface area contributed by atoms with Crippen LogP contribution in [0.3, 0.4) is 0 Å². The van der Waals surface area contributed by atoms with E-state index in [0.29, 0.717) is 6.04 Å². The molecule has 1 unspecified atom stereocenters. The van der Waals surface area contributed by atoms with Gasteiger partial charge in [0.1, 0.15) is 0 Å². The van der Waals surface area contributed by atoms with Gasteiger partial charge in [0.05, 0.1) is 5.60 Å². The normalized spacial score (nSPS) is 14.8. The Balaban J connectivity index is 4.04. The molecule has 0 saturated carbocycles. The number of hydrogen-bond donors (Lipinski definition) is 1. The van der Waals surface area contributed by atoms with E-state index in [9.17, 15) is 0 Å². The van der Waals surface area contributed by atoms with Crippen molar-refractivity contribution in [3.63, 3.8) is 0 Å². The molecule has 0 radical (unpaired) electrons. The molecule has 0 aromatic carbocycles. The van der Waals surface area contributed by atoms with Gasteiger partial charge >= 0.3 is 0 Å². The van der Waals surface area contributed by atoms with Gasteiger partial charge in [0.15, 0.2) is 0 Å². The molecule has 0 bridgehead atoms. The van der Waals surface area contributed by atoms with Crippen molar-refractivity contribution in [3.05, 3.63) is 0 Å². The number of methoxy groups -OCH3 is 1. The van der Waals surface area contributed by atoms with E-state index in [1.165, 1.54) is 6.42 Å². The summed E-state index contributed by atoms with van der Waals surface area (Å²) in [5.74, 6) is 1.48. The molecule has 16 heavy (non-hydrogen) atoms.